The van der Waals surface area contributed by atoms with Crippen LogP contribution in [0.5, 0.6) is 0 Å². The summed E-state index contributed by atoms with van der Waals surface area (Å²) < 4.78 is 21.3. The highest BCUT2D eigenvalue weighted by molar-refractivity contribution is 7.94. The van der Waals surface area contributed by atoms with E-state index in [4.69, 9.17) is 0 Å². The number of rotatable bonds is 3. The van der Waals surface area contributed by atoms with Crippen molar-refractivity contribution in [2.45, 2.75) is 6.92 Å². The van der Waals surface area contributed by atoms with Gasteiger partial charge in [-0.25, -0.2) is 8.42 Å². The van der Waals surface area contributed by atoms with Gasteiger partial charge in [0.2, 0.25) is 0 Å². The second-order valence-electron chi connectivity index (χ2n) is 1.59. The molecule has 0 aliphatic heterocycles. The van der Waals surface area contributed by atoms with E-state index in [1.54, 1.807) is 6.92 Å². The summed E-state index contributed by atoms with van der Waals surface area (Å²) in [6.07, 6.45) is 2.87. The van der Waals surface area contributed by atoms with Crippen LogP contribution in [-0.4, -0.2) is 14.2 Å². The first-order valence-corrected chi connectivity index (χ1v) is 4.30. The molecule has 0 aliphatic carbocycles. The second-order valence-corrected chi connectivity index (χ2v) is 3.52. The molecule has 0 heterocycles. The van der Waals surface area contributed by atoms with Gasteiger partial charge >= 0.3 is 0 Å². The minimum atomic E-state index is -2.98. The molecule has 2 nitrogen and oxygen atoms in total. The minimum Gasteiger partial charge on any atom is -0.224 e. The molecule has 0 radical (unpaired) electrons. The molecule has 0 spiro atoms. The van der Waals surface area contributed by atoms with Crippen molar-refractivity contribution in [2.24, 2.45) is 0 Å². The zero-order valence-corrected chi connectivity index (χ0v) is 6.19. The van der Waals surface area contributed by atoms with Crippen LogP contribution in [0, 0.1) is 0 Å². The van der Waals surface area contributed by atoms with Crippen LogP contribution in [0.1, 0.15) is 6.92 Å². The second kappa shape index (κ2) is 3.45. The number of sulfone groups is 1. The highest BCUT2D eigenvalue weighted by Crippen LogP contribution is 1.91. The predicted octanol–water partition coefficient (Wildman–Crippen LogP) is 1.12. The lowest BCUT2D eigenvalue weighted by molar-refractivity contribution is 0.607. The molecule has 9 heavy (non-hydrogen) atoms. The Morgan fingerprint density at radius 2 is 2.11 bits per heavy atom. The Kier molecular flexibility index (Phi) is 3.24. The number of allylic oxidation sites excluding steroid dienone is 1. The number of hydrogen-bond donors (Lipinski definition) is 0. The molecule has 0 rings (SSSR count). The fourth-order valence-corrected chi connectivity index (χ4v) is 1.28. The SMILES string of the molecule is C=CCS(=O)(=O)/C=C/C. The first kappa shape index (κ1) is 8.43. The maximum absolute atomic E-state index is 10.7. The van der Waals surface area contributed by atoms with Gasteiger partial charge in [0.05, 0.1) is 5.75 Å². The van der Waals surface area contributed by atoms with Crippen LogP contribution in [0.3, 0.4) is 0 Å². The van der Waals surface area contributed by atoms with Crippen molar-refractivity contribution >= 4 is 9.84 Å². The summed E-state index contributed by atoms with van der Waals surface area (Å²) in [6.45, 7) is 4.98. The van der Waals surface area contributed by atoms with E-state index >= 15 is 0 Å². The fraction of sp³-hybridized carbons (Fsp3) is 0.333. The van der Waals surface area contributed by atoms with Crippen molar-refractivity contribution in [1.82, 2.24) is 0 Å². The maximum Gasteiger partial charge on any atom is 0.174 e. The maximum atomic E-state index is 10.7. The van der Waals surface area contributed by atoms with Crippen molar-refractivity contribution in [2.75, 3.05) is 5.75 Å². The Labute approximate surface area is 55.8 Å². The van der Waals surface area contributed by atoms with E-state index in [2.05, 4.69) is 6.58 Å². The van der Waals surface area contributed by atoms with Gasteiger partial charge in [-0.15, -0.1) is 6.58 Å². The van der Waals surface area contributed by atoms with Crippen LogP contribution in [0.4, 0.5) is 0 Å². The Bertz CT molecular complexity index is 199. The summed E-state index contributed by atoms with van der Waals surface area (Å²) in [5.74, 6) is 0.0251. The third-order valence-corrected chi connectivity index (χ3v) is 2.08. The molecule has 0 aromatic heterocycles. The average molecular weight is 146 g/mol. The molecular weight excluding hydrogens is 136 g/mol. The van der Waals surface area contributed by atoms with Crippen molar-refractivity contribution in [3.63, 3.8) is 0 Å². The molecule has 0 atom stereocenters. The normalized spacial score (nSPS) is 12.1. The van der Waals surface area contributed by atoms with Gasteiger partial charge in [-0.05, 0) is 6.92 Å². The molecule has 0 N–H and O–H groups in total. The molecule has 0 fully saturated rings. The molecule has 0 amide bonds. The van der Waals surface area contributed by atoms with E-state index in [-0.39, 0.29) is 5.75 Å². The van der Waals surface area contributed by atoms with E-state index in [0.29, 0.717) is 0 Å². The van der Waals surface area contributed by atoms with Crippen LogP contribution in [0.2, 0.25) is 0 Å². The molecular formula is C6H10O2S. The quantitative estimate of drug-likeness (QED) is 0.559. The summed E-state index contributed by atoms with van der Waals surface area (Å²) in [4.78, 5) is 0. The van der Waals surface area contributed by atoms with Gasteiger partial charge in [0.15, 0.2) is 9.84 Å². The number of hydrogen-bond acceptors (Lipinski definition) is 2. The van der Waals surface area contributed by atoms with Crippen LogP contribution in [0.25, 0.3) is 0 Å². The van der Waals surface area contributed by atoms with Crippen LogP contribution in [-0.2, 0) is 9.84 Å². The lowest BCUT2D eigenvalue weighted by Gasteiger charge is -1.87. The zero-order valence-electron chi connectivity index (χ0n) is 5.37. The lowest BCUT2D eigenvalue weighted by Crippen LogP contribution is -1.97. The summed E-state index contributed by atoms with van der Waals surface area (Å²) in [6, 6.07) is 0. The van der Waals surface area contributed by atoms with E-state index in [1.165, 1.54) is 17.6 Å². The molecule has 0 aromatic carbocycles. The van der Waals surface area contributed by atoms with Gasteiger partial charge in [-0.1, -0.05) is 12.2 Å². The largest absolute Gasteiger partial charge is 0.224 e. The Balaban J connectivity index is 4.22. The van der Waals surface area contributed by atoms with Gasteiger partial charge in [0.25, 0.3) is 0 Å². The highest BCUT2D eigenvalue weighted by atomic mass is 32.2. The van der Waals surface area contributed by atoms with Gasteiger partial charge in [0, 0.05) is 5.41 Å². The van der Waals surface area contributed by atoms with Gasteiger partial charge < -0.3 is 0 Å². The fourth-order valence-electron chi connectivity index (χ4n) is 0.427. The molecule has 0 saturated carbocycles. The first-order valence-electron chi connectivity index (χ1n) is 2.58. The van der Waals surface area contributed by atoms with Crippen LogP contribution in [0.15, 0.2) is 24.1 Å². The summed E-state index contributed by atoms with van der Waals surface area (Å²) in [5, 5.41) is 1.18. The molecule has 0 bridgehead atoms. The van der Waals surface area contributed by atoms with Gasteiger partial charge in [0.1, 0.15) is 0 Å². The summed E-state index contributed by atoms with van der Waals surface area (Å²) in [7, 11) is -2.98. The molecule has 0 aliphatic rings. The predicted molar refractivity (Wildman–Crippen MR) is 38.8 cm³/mol. The minimum absolute atomic E-state index is 0.0251. The lowest BCUT2D eigenvalue weighted by atomic mass is 10.8. The van der Waals surface area contributed by atoms with Crippen molar-refractivity contribution in [3.05, 3.63) is 24.1 Å². The topological polar surface area (TPSA) is 34.1 Å². The van der Waals surface area contributed by atoms with E-state index in [9.17, 15) is 8.42 Å². The summed E-state index contributed by atoms with van der Waals surface area (Å²) in [5.41, 5.74) is 0. The van der Waals surface area contributed by atoms with E-state index < -0.39 is 9.84 Å². The Hall–Kier alpha value is -0.570. The Morgan fingerprint density at radius 1 is 1.56 bits per heavy atom. The molecule has 0 saturated heterocycles. The summed E-state index contributed by atoms with van der Waals surface area (Å²) >= 11 is 0. The standard InChI is InChI=1S/C6H10O2S/c1-3-5-9(7,8)6-4-2/h3-4,6H,1,5H2,2H3/b6-4+. The van der Waals surface area contributed by atoms with E-state index in [0.717, 1.165) is 0 Å². The zero-order chi connectivity index (χ0) is 7.33. The van der Waals surface area contributed by atoms with Gasteiger partial charge in [-0.3, -0.25) is 0 Å². The van der Waals surface area contributed by atoms with E-state index in [1.807, 2.05) is 0 Å². The van der Waals surface area contributed by atoms with Crippen molar-refractivity contribution < 1.29 is 8.42 Å². The highest BCUT2D eigenvalue weighted by Gasteiger charge is 1.98. The first-order chi connectivity index (χ1) is 4.12. The monoisotopic (exact) mass is 146 g/mol. The smallest absolute Gasteiger partial charge is 0.174 e. The molecule has 52 valence electrons. The Morgan fingerprint density at radius 3 is 2.44 bits per heavy atom. The average Bonchev–Trinajstić information content (AvgIpc) is 1.64. The van der Waals surface area contributed by atoms with Crippen LogP contribution < -0.4 is 0 Å². The molecule has 3 heteroatoms. The molecule has 0 aromatic rings. The third kappa shape index (κ3) is 3.97. The van der Waals surface area contributed by atoms with Gasteiger partial charge in [-0.2, -0.15) is 0 Å². The van der Waals surface area contributed by atoms with Crippen LogP contribution >= 0.6 is 0 Å². The van der Waals surface area contributed by atoms with Crippen molar-refractivity contribution in [3.8, 4) is 0 Å². The molecule has 0 unspecified atom stereocenters. The van der Waals surface area contributed by atoms with Crippen molar-refractivity contribution in [1.29, 1.82) is 0 Å². The third-order valence-electron chi connectivity index (χ3n) is 0.694.